The number of alkyl halides is 3. The Morgan fingerprint density at radius 1 is 1.11 bits per heavy atom. The van der Waals surface area contributed by atoms with Crippen molar-refractivity contribution in [2.75, 3.05) is 13.1 Å². The Morgan fingerprint density at radius 3 is 2.46 bits per heavy atom. The molecule has 2 aromatic carbocycles. The molecule has 150 valence electrons. The van der Waals surface area contributed by atoms with Crippen LogP contribution in [0, 0.1) is 0 Å². The van der Waals surface area contributed by atoms with Crippen molar-refractivity contribution in [1.82, 2.24) is 10.2 Å². The van der Waals surface area contributed by atoms with Gasteiger partial charge in [0.05, 0.1) is 11.7 Å². The van der Waals surface area contributed by atoms with E-state index in [1.807, 2.05) is 29.2 Å². The number of carbonyl (C=O) groups is 1. The first-order valence-electron chi connectivity index (χ1n) is 9.24. The normalized spacial score (nSPS) is 15.9. The number of carbonyl (C=O) groups excluding carboxylic acids is 1. The van der Waals surface area contributed by atoms with Gasteiger partial charge in [-0.05, 0) is 35.2 Å². The number of benzene rings is 2. The van der Waals surface area contributed by atoms with Crippen LogP contribution in [0.25, 0.3) is 0 Å². The third kappa shape index (κ3) is 5.33. The molecule has 0 radical (unpaired) electrons. The Balaban J connectivity index is 1.50. The molecule has 1 aliphatic heterocycles. The second kappa shape index (κ2) is 8.75. The van der Waals surface area contributed by atoms with Crippen LogP contribution in [0.4, 0.5) is 13.2 Å². The predicted octanol–water partition coefficient (Wildman–Crippen LogP) is 3.65. The number of rotatable bonds is 7. The van der Waals surface area contributed by atoms with E-state index < -0.39 is 17.8 Å². The first-order chi connectivity index (χ1) is 13.3. The molecule has 0 aromatic heterocycles. The summed E-state index contributed by atoms with van der Waals surface area (Å²) in [6.45, 7) is 2.13. The summed E-state index contributed by atoms with van der Waals surface area (Å²) >= 11 is 0. The van der Waals surface area contributed by atoms with Gasteiger partial charge in [-0.1, -0.05) is 36.4 Å². The summed E-state index contributed by atoms with van der Waals surface area (Å²) in [4.78, 5) is 13.6. The van der Waals surface area contributed by atoms with Crippen LogP contribution in [-0.4, -0.2) is 29.0 Å². The van der Waals surface area contributed by atoms with E-state index in [4.69, 9.17) is 0 Å². The van der Waals surface area contributed by atoms with E-state index in [-0.39, 0.29) is 12.5 Å². The van der Waals surface area contributed by atoms with Gasteiger partial charge < -0.3 is 15.3 Å². The maximum Gasteiger partial charge on any atom is 0.416 e. The Labute approximate surface area is 162 Å². The van der Waals surface area contributed by atoms with E-state index >= 15 is 0 Å². The Bertz CT molecular complexity index is 806. The van der Waals surface area contributed by atoms with Crippen molar-refractivity contribution in [2.45, 2.75) is 38.2 Å². The Hall–Kier alpha value is -2.38. The summed E-state index contributed by atoms with van der Waals surface area (Å²) in [6.07, 6.45) is -3.76. The molecule has 0 saturated carbocycles. The van der Waals surface area contributed by atoms with Crippen LogP contribution in [0.2, 0.25) is 0 Å². The van der Waals surface area contributed by atoms with Crippen molar-refractivity contribution in [3.8, 4) is 0 Å². The minimum atomic E-state index is -4.38. The zero-order valence-corrected chi connectivity index (χ0v) is 15.4. The molecule has 1 fully saturated rings. The van der Waals surface area contributed by atoms with Gasteiger partial charge >= 0.3 is 6.18 Å². The molecule has 1 heterocycles. The maximum atomic E-state index is 12.6. The van der Waals surface area contributed by atoms with Crippen LogP contribution in [0.1, 0.15) is 41.2 Å². The molecule has 0 bridgehead atoms. The van der Waals surface area contributed by atoms with Crippen molar-refractivity contribution in [2.24, 2.45) is 0 Å². The van der Waals surface area contributed by atoms with Crippen LogP contribution in [0.15, 0.2) is 48.5 Å². The lowest BCUT2D eigenvalue weighted by molar-refractivity contribution is -0.137. The van der Waals surface area contributed by atoms with Gasteiger partial charge in [-0.3, -0.25) is 4.79 Å². The second-order valence-electron chi connectivity index (χ2n) is 7.01. The SMILES string of the molecule is O=C1CCCN1Cc1cccc(CNCC(O)c2ccc(C(F)(F)F)cc2)c1. The highest BCUT2D eigenvalue weighted by molar-refractivity contribution is 5.78. The minimum absolute atomic E-state index is 0.184. The lowest BCUT2D eigenvalue weighted by Crippen LogP contribution is -2.24. The van der Waals surface area contributed by atoms with Crippen molar-refractivity contribution in [1.29, 1.82) is 0 Å². The number of halogens is 3. The maximum absolute atomic E-state index is 12.6. The van der Waals surface area contributed by atoms with Gasteiger partial charge in [0.25, 0.3) is 0 Å². The van der Waals surface area contributed by atoms with Gasteiger partial charge in [-0.2, -0.15) is 13.2 Å². The molecule has 28 heavy (non-hydrogen) atoms. The number of hydrogen-bond donors (Lipinski definition) is 2. The molecular weight excluding hydrogens is 369 g/mol. The van der Waals surface area contributed by atoms with Crippen LogP contribution in [0.3, 0.4) is 0 Å². The van der Waals surface area contributed by atoms with Crippen LogP contribution >= 0.6 is 0 Å². The summed E-state index contributed by atoms with van der Waals surface area (Å²) in [6, 6.07) is 12.4. The zero-order chi connectivity index (χ0) is 20.1. The highest BCUT2D eigenvalue weighted by Crippen LogP contribution is 2.29. The molecule has 2 N–H and O–H groups in total. The molecule has 0 aliphatic carbocycles. The fourth-order valence-electron chi connectivity index (χ4n) is 3.29. The fraction of sp³-hybridized carbons (Fsp3) is 0.381. The summed E-state index contributed by atoms with van der Waals surface area (Å²) in [5, 5.41) is 13.3. The standard InChI is InChI=1S/C21H23F3N2O2/c22-21(23,24)18-8-6-17(7-9-18)19(27)13-25-12-15-3-1-4-16(11-15)14-26-10-2-5-20(26)28/h1,3-4,6-9,11,19,25,27H,2,5,10,12-14H2. The number of hydrogen-bond acceptors (Lipinski definition) is 3. The monoisotopic (exact) mass is 392 g/mol. The van der Waals surface area contributed by atoms with Crippen molar-refractivity contribution in [3.05, 3.63) is 70.8 Å². The van der Waals surface area contributed by atoms with Gasteiger partial charge in [-0.25, -0.2) is 0 Å². The molecule has 1 aliphatic rings. The van der Waals surface area contributed by atoms with Crippen molar-refractivity contribution >= 4 is 5.91 Å². The van der Waals surface area contributed by atoms with Gasteiger partial charge in [0, 0.05) is 32.6 Å². The summed E-state index contributed by atoms with van der Waals surface area (Å²) < 4.78 is 37.8. The number of aliphatic hydroxyl groups is 1. The summed E-state index contributed by atoms with van der Waals surface area (Å²) in [5.74, 6) is 0.184. The highest BCUT2D eigenvalue weighted by Gasteiger charge is 2.30. The average molecular weight is 392 g/mol. The number of likely N-dealkylation sites (tertiary alicyclic amines) is 1. The summed E-state index contributed by atoms with van der Waals surface area (Å²) in [5.41, 5.74) is 1.77. The smallest absolute Gasteiger partial charge is 0.387 e. The van der Waals surface area contributed by atoms with E-state index in [1.165, 1.54) is 12.1 Å². The third-order valence-electron chi connectivity index (χ3n) is 4.83. The first kappa shape index (κ1) is 20.4. The first-order valence-corrected chi connectivity index (χ1v) is 9.24. The predicted molar refractivity (Wildman–Crippen MR) is 99.2 cm³/mol. The Morgan fingerprint density at radius 2 is 1.82 bits per heavy atom. The third-order valence-corrected chi connectivity index (χ3v) is 4.83. The molecule has 2 aromatic rings. The molecule has 1 saturated heterocycles. The molecule has 0 spiro atoms. The van der Waals surface area contributed by atoms with E-state index in [0.717, 1.165) is 36.2 Å². The van der Waals surface area contributed by atoms with E-state index in [0.29, 0.717) is 25.1 Å². The molecule has 1 amide bonds. The number of amides is 1. The van der Waals surface area contributed by atoms with E-state index in [9.17, 15) is 23.1 Å². The molecule has 4 nitrogen and oxygen atoms in total. The lowest BCUT2D eigenvalue weighted by atomic mass is 10.1. The molecule has 3 rings (SSSR count). The average Bonchev–Trinajstić information content (AvgIpc) is 3.06. The van der Waals surface area contributed by atoms with Crippen LogP contribution in [0.5, 0.6) is 0 Å². The Kier molecular flexibility index (Phi) is 6.36. The molecule has 7 heteroatoms. The van der Waals surface area contributed by atoms with Gasteiger partial charge in [0.1, 0.15) is 0 Å². The highest BCUT2D eigenvalue weighted by atomic mass is 19.4. The zero-order valence-electron chi connectivity index (χ0n) is 15.4. The summed E-state index contributed by atoms with van der Waals surface area (Å²) in [7, 11) is 0. The van der Waals surface area contributed by atoms with Gasteiger partial charge in [-0.15, -0.1) is 0 Å². The lowest BCUT2D eigenvalue weighted by Gasteiger charge is -2.16. The molecule has 1 unspecified atom stereocenters. The van der Waals surface area contributed by atoms with Gasteiger partial charge in [0.15, 0.2) is 0 Å². The van der Waals surface area contributed by atoms with Crippen molar-refractivity contribution < 1.29 is 23.1 Å². The van der Waals surface area contributed by atoms with E-state index in [1.54, 1.807) is 0 Å². The number of nitrogens with zero attached hydrogens (tertiary/aromatic N) is 1. The fourth-order valence-corrected chi connectivity index (χ4v) is 3.29. The minimum Gasteiger partial charge on any atom is -0.387 e. The second-order valence-corrected chi connectivity index (χ2v) is 7.01. The van der Waals surface area contributed by atoms with E-state index in [2.05, 4.69) is 5.32 Å². The number of nitrogens with one attached hydrogen (secondary N) is 1. The quantitative estimate of drug-likeness (QED) is 0.756. The number of aliphatic hydroxyl groups excluding tert-OH is 1. The largest absolute Gasteiger partial charge is 0.416 e. The van der Waals surface area contributed by atoms with Crippen LogP contribution in [-0.2, 0) is 24.1 Å². The van der Waals surface area contributed by atoms with Crippen molar-refractivity contribution in [3.63, 3.8) is 0 Å². The topological polar surface area (TPSA) is 52.6 Å². The van der Waals surface area contributed by atoms with Gasteiger partial charge in [0.2, 0.25) is 5.91 Å². The molecular formula is C21H23F3N2O2. The van der Waals surface area contributed by atoms with Crippen LogP contribution < -0.4 is 5.32 Å². The molecule has 1 atom stereocenters.